The number of piperidine rings is 1. The van der Waals surface area contributed by atoms with Crippen LogP contribution in [0, 0.1) is 5.92 Å². The molecule has 0 radical (unpaired) electrons. The van der Waals surface area contributed by atoms with Crippen molar-refractivity contribution in [1.82, 2.24) is 15.5 Å². The highest BCUT2D eigenvalue weighted by Gasteiger charge is 2.18. The molecule has 0 aromatic heterocycles. The van der Waals surface area contributed by atoms with Crippen LogP contribution in [-0.4, -0.2) is 61.6 Å². The van der Waals surface area contributed by atoms with Crippen LogP contribution in [0.25, 0.3) is 0 Å². The van der Waals surface area contributed by atoms with Crippen molar-refractivity contribution in [3.63, 3.8) is 0 Å². The zero-order chi connectivity index (χ0) is 15.0. The lowest BCUT2D eigenvalue weighted by Crippen LogP contribution is -2.44. The van der Waals surface area contributed by atoms with Crippen molar-refractivity contribution < 1.29 is 0 Å². The molecule has 1 atom stereocenters. The van der Waals surface area contributed by atoms with E-state index < -0.39 is 0 Å². The average Bonchev–Trinajstić information content (AvgIpc) is 2.42. The van der Waals surface area contributed by atoms with E-state index in [0.717, 1.165) is 31.5 Å². The lowest BCUT2D eigenvalue weighted by molar-refractivity contribution is 0.210. The number of thioether (sulfide) groups is 1. The Bertz CT molecular complexity index is 304. The quantitative estimate of drug-likeness (QED) is 0.581. The highest BCUT2D eigenvalue weighted by atomic mass is 32.2. The first-order valence-corrected chi connectivity index (χ1v) is 8.95. The van der Waals surface area contributed by atoms with Gasteiger partial charge in [-0.25, -0.2) is 0 Å². The Hall–Kier alpha value is -0.420. The number of hydrogen-bond acceptors (Lipinski definition) is 3. The predicted octanol–water partition coefficient (Wildman–Crippen LogP) is 2.02. The summed E-state index contributed by atoms with van der Waals surface area (Å²) in [7, 11) is 2.21. The summed E-state index contributed by atoms with van der Waals surface area (Å²) < 4.78 is 0.202. The maximum atomic E-state index is 4.72. The monoisotopic (exact) mass is 300 g/mol. The van der Waals surface area contributed by atoms with Crippen molar-refractivity contribution in [2.45, 2.75) is 38.4 Å². The number of aliphatic imine (C=N–C) groups is 1. The molecule has 0 saturated carbocycles. The molecule has 1 fully saturated rings. The molecule has 0 aliphatic carbocycles. The summed E-state index contributed by atoms with van der Waals surface area (Å²) in [6.07, 6.45) is 4.79. The molecule has 1 unspecified atom stereocenters. The lowest BCUT2D eigenvalue weighted by Gasteiger charge is -2.30. The molecule has 20 heavy (non-hydrogen) atoms. The second kappa shape index (κ2) is 8.78. The van der Waals surface area contributed by atoms with Gasteiger partial charge in [0.25, 0.3) is 0 Å². The molecule has 1 saturated heterocycles. The van der Waals surface area contributed by atoms with E-state index in [2.05, 4.69) is 49.6 Å². The van der Waals surface area contributed by atoms with Gasteiger partial charge in [0.15, 0.2) is 5.96 Å². The highest BCUT2D eigenvalue weighted by molar-refractivity contribution is 7.99. The fourth-order valence-corrected chi connectivity index (χ4v) is 2.55. The number of hydrogen-bond donors (Lipinski definition) is 2. The number of guanidine groups is 1. The van der Waals surface area contributed by atoms with Crippen LogP contribution in [0.4, 0.5) is 0 Å². The van der Waals surface area contributed by atoms with Gasteiger partial charge >= 0.3 is 0 Å². The van der Waals surface area contributed by atoms with Crippen molar-refractivity contribution in [3.8, 4) is 0 Å². The summed E-state index contributed by atoms with van der Waals surface area (Å²) >= 11 is 1.86. The molecule has 0 aromatic carbocycles. The second-order valence-electron chi connectivity index (χ2n) is 6.31. The molecule has 1 rings (SSSR count). The van der Waals surface area contributed by atoms with Gasteiger partial charge < -0.3 is 15.5 Å². The molecule has 1 heterocycles. The summed E-state index contributed by atoms with van der Waals surface area (Å²) in [5.41, 5.74) is 0. The number of nitrogens with one attached hydrogen (secondary N) is 2. The van der Waals surface area contributed by atoms with Crippen LogP contribution in [-0.2, 0) is 0 Å². The van der Waals surface area contributed by atoms with Crippen LogP contribution in [0.3, 0.4) is 0 Å². The summed E-state index contributed by atoms with van der Waals surface area (Å²) in [6, 6.07) is 0. The van der Waals surface area contributed by atoms with Crippen molar-refractivity contribution in [2.75, 3.05) is 46.0 Å². The van der Waals surface area contributed by atoms with E-state index >= 15 is 0 Å². The Labute approximate surface area is 129 Å². The summed E-state index contributed by atoms with van der Waals surface area (Å²) in [6.45, 7) is 11.8. The van der Waals surface area contributed by atoms with Gasteiger partial charge in [0.2, 0.25) is 0 Å². The van der Waals surface area contributed by atoms with Gasteiger partial charge in [-0.3, -0.25) is 4.99 Å². The van der Waals surface area contributed by atoms with Crippen LogP contribution >= 0.6 is 11.8 Å². The van der Waals surface area contributed by atoms with E-state index in [1.807, 2.05) is 11.8 Å². The first kappa shape index (κ1) is 17.6. The molecule has 0 bridgehead atoms. The molecule has 5 heteroatoms. The Morgan fingerprint density at radius 2 is 2.15 bits per heavy atom. The van der Waals surface area contributed by atoms with E-state index in [1.165, 1.54) is 25.9 Å². The van der Waals surface area contributed by atoms with E-state index in [4.69, 9.17) is 4.99 Å². The van der Waals surface area contributed by atoms with Gasteiger partial charge in [-0.05, 0) is 59.4 Å². The van der Waals surface area contributed by atoms with Gasteiger partial charge in [-0.1, -0.05) is 0 Å². The third-order valence-electron chi connectivity index (χ3n) is 3.80. The topological polar surface area (TPSA) is 39.7 Å². The molecule has 0 aromatic rings. The Kier molecular flexibility index (Phi) is 7.74. The minimum absolute atomic E-state index is 0.202. The first-order valence-electron chi connectivity index (χ1n) is 7.72. The second-order valence-corrected chi connectivity index (χ2v) is 7.82. The van der Waals surface area contributed by atoms with E-state index in [-0.39, 0.29) is 4.75 Å². The van der Waals surface area contributed by atoms with E-state index in [1.54, 1.807) is 0 Å². The number of nitrogens with zero attached hydrogens (tertiary/aromatic N) is 2. The normalized spacial score (nSPS) is 21.9. The zero-order valence-corrected chi connectivity index (χ0v) is 14.6. The summed E-state index contributed by atoms with van der Waals surface area (Å²) in [5.74, 6) is 1.70. The Balaban J connectivity index is 2.43. The van der Waals surface area contributed by atoms with Gasteiger partial charge in [-0.15, -0.1) is 0 Å². The van der Waals surface area contributed by atoms with Gasteiger partial charge in [0.1, 0.15) is 0 Å². The van der Waals surface area contributed by atoms with Crippen molar-refractivity contribution in [1.29, 1.82) is 0 Å². The standard InChI is InChI=1S/C15H32N4S/c1-6-16-14(18-12-15(2,3)20-5)17-10-13-8-7-9-19(4)11-13/h13H,6-12H2,1-5H3,(H2,16,17,18). The zero-order valence-electron chi connectivity index (χ0n) is 13.8. The minimum atomic E-state index is 0.202. The lowest BCUT2D eigenvalue weighted by atomic mass is 9.99. The third-order valence-corrected chi connectivity index (χ3v) is 5.03. The van der Waals surface area contributed by atoms with Crippen molar-refractivity contribution >= 4 is 17.7 Å². The van der Waals surface area contributed by atoms with Crippen molar-refractivity contribution in [3.05, 3.63) is 0 Å². The molecule has 0 spiro atoms. The summed E-state index contributed by atoms with van der Waals surface area (Å²) in [5, 5.41) is 6.86. The van der Waals surface area contributed by atoms with Gasteiger partial charge in [0, 0.05) is 24.4 Å². The maximum Gasteiger partial charge on any atom is 0.191 e. The SMILES string of the molecule is CCNC(=NCC(C)(C)SC)NCC1CCCN(C)C1. The first-order chi connectivity index (χ1) is 9.46. The molecule has 4 nitrogen and oxygen atoms in total. The summed E-state index contributed by atoms with van der Waals surface area (Å²) in [4.78, 5) is 7.15. The minimum Gasteiger partial charge on any atom is -0.357 e. The molecular formula is C15H32N4S. The third kappa shape index (κ3) is 6.84. The number of rotatable bonds is 6. The van der Waals surface area contributed by atoms with Crippen LogP contribution in [0.2, 0.25) is 0 Å². The van der Waals surface area contributed by atoms with Crippen LogP contribution in [0.1, 0.15) is 33.6 Å². The van der Waals surface area contributed by atoms with Gasteiger partial charge in [0.05, 0.1) is 6.54 Å². The maximum absolute atomic E-state index is 4.72. The fourth-order valence-electron chi connectivity index (χ4n) is 2.36. The van der Waals surface area contributed by atoms with E-state index in [0.29, 0.717) is 0 Å². The molecule has 1 aliphatic rings. The van der Waals surface area contributed by atoms with Crippen LogP contribution in [0.15, 0.2) is 4.99 Å². The average molecular weight is 301 g/mol. The highest BCUT2D eigenvalue weighted by Crippen LogP contribution is 2.21. The molecule has 1 aliphatic heterocycles. The van der Waals surface area contributed by atoms with Crippen LogP contribution in [0.5, 0.6) is 0 Å². The largest absolute Gasteiger partial charge is 0.357 e. The Morgan fingerprint density at radius 1 is 1.40 bits per heavy atom. The molecule has 118 valence electrons. The van der Waals surface area contributed by atoms with Crippen molar-refractivity contribution in [2.24, 2.45) is 10.9 Å². The molecule has 2 N–H and O–H groups in total. The molecular weight excluding hydrogens is 268 g/mol. The fraction of sp³-hybridized carbons (Fsp3) is 0.933. The molecule has 0 amide bonds. The van der Waals surface area contributed by atoms with Crippen LogP contribution < -0.4 is 10.6 Å². The Morgan fingerprint density at radius 3 is 2.75 bits per heavy atom. The number of likely N-dealkylation sites (tertiary alicyclic amines) is 1. The van der Waals surface area contributed by atoms with E-state index in [9.17, 15) is 0 Å². The smallest absolute Gasteiger partial charge is 0.191 e. The predicted molar refractivity (Wildman–Crippen MR) is 91.8 cm³/mol. The van der Waals surface area contributed by atoms with Gasteiger partial charge in [-0.2, -0.15) is 11.8 Å².